The summed E-state index contributed by atoms with van der Waals surface area (Å²) in [4.78, 5) is 45.9. The number of amides is 3. The molecule has 0 saturated carbocycles. The van der Waals surface area contributed by atoms with Crippen LogP contribution in [0.5, 0.6) is 5.75 Å². The summed E-state index contributed by atoms with van der Waals surface area (Å²) < 4.78 is 91.3. The number of hydrogen-bond donors (Lipinski definition) is 3. The highest BCUT2D eigenvalue weighted by atomic mass is 31.2. The van der Waals surface area contributed by atoms with Gasteiger partial charge in [-0.15, -0.1) is 0 Å². The molecular formula is C27H25F5N3O7P. The second-order valence-electron chi connectivity index (χ2n) is 9.50. The van der Waals surface area contributed by atoms with Gasteiger partial charge in [0.1, 0.15) is 41.4 Å². The van der Waals surface area contributed by atoms with E-state index in [0.29, 0.717) is 17.7 Å². The Hall–Kier alpha value is -4.04. The third kappa shape index (κ3) is 7.31. The fourth-order valence-corrected chi connectivity index (χ4v) is 4.70. The first kappa shape index (κ1) is 31.9. The smallest absolute Gasteiger partial charge is 0.469 e. The fraction of sp³-hybridized carbons (Fsp3) is 0.259. The van der Waals surface area contributed by atoms with Crippen LogP contribution in [-0.4, -0.2) is 46.9 Å². The molecule has 0 saturated heterocycles. The minimum atomic E-state index is -4.75. The maximum Gasteiger partial charge on any atom is 0.469 e. The maximum atomic E-state index is 15.0. The van der Waals surface area contributed by atoms with Crippen molar-refractivity contribution in [1.82, 2.24) is 10.2 Å². The molecule has 1 aliphatic rings. The number of fused-ring (bicyclic) bond motifs is 1. The summed E-state index contributed by atoms with van der Waals surface area (Å²) in [6, 6.07) is 5.73. The summed E-state index contributed by atoms with van der Waals surface area (Å²) in [7, 11) is -3.26. The molecule has 1 aliphatic heterocycles. The maximum absolute atomic E-state index is 15.0. The van der Waals surface area contributed by atoms with Crippen LogP contribution in [0.4, 0.5) is 32.4 Å². The van der Waals surface area contributed by atoms with Crippen LogP contribution in [0.25, 0.3) is 0 Å². The van der Waals surface area contributed by atoms with Gasteiger partial charge in [-0.2, -0.15) is 0 Å². The van der Waals surface area contributed by atoms with E-state index in [1.807, 2.05) is 0 Å². The molecule has 1 atom stereocenters. The van der Waals surface area contributed by atoms with Crippen LogP contribution >= 0.6 is 7.82 Å². The van der Waals surface area contributed by atoms with Gasteiger partial charge in [0.15, 0.2) is 0 Å². The van der Waals surface area contributed by atoms with Crippen LogP contribution in [0, 0.1) is 29.1 Å². The van der Waals surface area contributed by atoms with Gasteiger partial charge in [0.25, 0.3) is 5.91 Å². The number of halogens is 5. The van der Waals surface area contributed by atoms with Crippen LogP contribution in [0.2, 0.25) is 0 Å². The van der Waals surface area contributed by atoms with Crippen molar-refractivity contribution < 1.29 is 55.2 Å². The van der Waals surface area contributed by atoms with Gasteiger partial charge in [-0.3, -0.25) is 14.2 Å². The highest BCUT2D eigenvalue weighted by Gasteiger charge is 2.35. The first-order valence-electron chi connectivity index (χ1n) is 12.6. The van der Waals surface area contributed by atoms with Crippen molar-refractivity contribution in [3.05, 3.63) is 93.8 Å². The van der Waals surface area contributed by atoms with Gasteiger partial charge >= 0.3 is 13.9 Å². The molecule has 1 unspecified atom stereocenters. The van der Waals surface area contributed by atoms with E-state index in [9.17, 15) is 27.3 Å². The van der Waals surface area contributed by atoms with Crippen molar-refractivity contribution in [2.75, 3.05) is 25.2 Å². The van der Waals surface area contributed by atoms with E-state index in [4.69, 9.17) is 14.5 Å². The van der Waals surface area contributed by atoms with Gasteiger partial charge in [-0.1, -0.05) is 6.07 Å². The molecule has 230 valence electrons. The standard InChI is InChI=1S/C27H25F5N3O7P/c1-14-18-4-3-15(26(36)33-12-19-21(29)8-16(28)9-22(19)30)7-25(18)35(27(37)34(14)2)13-20-23(31)10-17(11-24(20)32)41-5-6-42-43(38,39)40/h3-4,7-11,14H,5-6,12-13H2,1-2H3,(H,33,36)(H2,38,39,40). The Morgan fingerprint density at radius 2 is 1.56 bits per heavy atom. The summed E-state index contributed by atoms with van der Waals surface area (Å²) in [6.07, 6.45) is 0. The first-order chi connectivity index (χ1) is 20.2. The van der Waals surface area contributed by atoms with Crippen molar-refractivity contribution in [2.24, 2.45) is 0 Å². The molecule has 0 bridgehead atoms. The first-order valence-corrected chi connectivity index (χ1v) is 14.1. The lowest BCUT2D eigenvalue weighted by atomic mass is 9.98. The van der Waals surface area contributed by atoms with Crippen LogP contribution in [-0.2, 0) is 22.2 Å². The van der Waals surface area contributed by atoms with E-state index in [1.54, 1.807) is 6.92 Å². The zero-order valence-corrected chi connectivity index (χ0v) is 23.5. The van der Waals surface area contributed by atoms with E-state index in [-0.39, 0.29) is 17.0 Å². The van der Waals surface area contributed by atoms with Crippen molar-refractivity contribution >= 4 is 25.4 Å². The number of rotatable bonds is 10. The third-order valence-electron chi connectivity index (χ3n) is 6.72. The lowest BCUT2D eigenvalue weighted by molar-refractivity contribution is 0.0950. The van der Waals surface area contributed by atoms with Gasteiger partial charge in [0.05, 0.1) is 24.9 Å². The summed E-state index contributed by atoms with van der Waals surface area (Å²) in [6.45, 7) is -0.472. The van der Waals surface area contributed by atoms with E-state index >= 15 is 8.78 Å². The van der Waals surface area contributed by atoms with Crippen LogP contribution in [0.1, 0.15) is 40.0 Å². The van der Waals surface area contributed by atoms with Crippen molar-refractivity contribution in [3.63, 3.8) is 0 Å². The quantitative estimate of drug-likeness (QED) is 0.165. The Balaban J connectivity index is 1.57. The number of phosphoric acid groups is 1. The number of carbonyl (C=O) groups is 2. The number of ether oxygens (including phenoxy) is 1. The summed E-state index contributed by atoms with van der Waals surface area (Å²) in [5.41, 5.74) is -0.403. The molecule has 0 radical (unpaired) electrons. The number of anilines is 1. The Kier molecular flexibility index (Phi) is 9.40. The highest BCUT2D eigenvalue weighted by Crippen LogP contribution is 2.38. The molecule has 0 fully saturated rings. The molecule has 0 aliphatic carbocycles. The second kappa shape index (κ2) is 12.7. The van der Waals surface area contributed by atoms with Crippen LogP contribution in [0.15, 0.2) is 42.5 Å². The van der Waals surface area contributed by atoms with Gasteiger partial charge in [-0.25, -0.2) is 31.3 Å². The van der Waals surface area contributed by atoms with Crippen molar-refractivity contribution in [2.45, 2.75) is 26.1 Å². The number of carbonyl (C=O) groups excluding carboxylic acids is 2. The lowest BCUT2D eigenvalue weighted by Gasteiger charge is -2.39. The predicted octanol–water partition coefficient (Wildman–Crippen LogP) is 4.93. The number of nitrogens with zero attached hydrogens (tertiary/aromatic N) is 2. The van der Waals surface area contributed by atoms with Gasteiger partial charge in [0.2, 0.25) is 0 Å². The number of phosphoric ester groups is 1. The Labute approximate surface area is 241 Å². The van der Waals surface area contributed by atoms with Crippen molar-refractivity contribution in [1.29, 1.82) is 0 Å². The Morgan fingerprint density at radius 1 is 0.953 bits per heavy atom. The Bertz CT molecular complexity index is 1570. The summed E-state index contributed by atoms with van der Waals surface area (Å²) in [5.74, 6) is -6.74. The molecule has 3 aromatic rings. The normalized spacial score (nSPS) is 15.0. The van der Waals surface area contributed by atoms with Gasteiger partial charge < -0.3 is 24.7 Å². The predicted molar refractivity (Wildman–Crippen MR) is 142 cm³/mol. The average molecular weight is 629 g/mol. The molecule has 0 spiro atoms. The second-order valence-corrected chi connectivity index (χ2v) is 10.7. The van der Waals surface area contributed by atoms with E-state index in [0.717, 1.165) is 17.0 Å². The monoisotopic (exact) mass is 629 g/mol. The van der Waals surface area contributed by atoms with E-state index in [2.05, 4.69) is 9.84 Å². The number of urea groups is 1. The van der Waals surface area contributed by atoms with Crippen LogP contribution in [0.3, 0.4) is 0 Å². The molecule has 0 aromatic heterocycles. The molecule has 3 amide bonds. The molecule has 10 nitrogen and oxygen atoms in total. The van der Waals surface area contributed by atoms with Gasteiger partial charge in [-0.05, 0) is 24.6 Å². The average Bonchev–Trinajstić information content (AvgIpc) is 2.92. The minimum absolute atomic E-state index is 0.0292. The SMILES string of the molecule is CC1c2ccc(C(=O)NCc3c(F)cc(F)cc3F)cc2N(Cc2c(F)cc(OCCOP(=O)(O)O)cc2F)C(=O)N1C. The van der Waals surface area contributed by atoms with E-state index < -0.39 is 92.3 Å². The molecule has 4 rings (SSSR count). The lowest BCUT2D eigenvalue weighted by Crippen LogP contribution is -2.47. The van der Waals surface area contributed by atoms with Gasteiger partial charge in [0, 0.05) is 54.5 Å². The number of nitrogens with one attached hydrogen (secondary N) is 1. The largest absolute Gasteiger partial charge is 0.491 e. The minimum Gasteiger partial charge on any atom is -0.491 e. The highest BCUT2D eigenvalue weighted by molar-refractivity contribution is 7.46. The third-order valence-corrected chi connectivity index (χ3v) is 7.24. The number of benzene rings is 3. The van der Waals surface area contributed by atoms with Crippen molar-refractivity contribution in [3.8, 4) is 5.75 Å². The molecule has 1 heterocycles. The topological polar surface area (TPSA) is 129 Å². The van der Waals surface area contributed by atoms with E-state index in [1.165, 1.54) is 30.1 Å². The zero-order valence-electron chi connectivity index (χ0n) is 22.6. The molecular weight excluding hydrogens is 604 g/mol. The molecule has 16 heteroatoms. The summed E-state index contributed by atoms with van der Waals surface area (Å²) >= 11 is 0. The molecule has 3 aromatic carbocycles. The zero-order chi connectivity index (χ0) is 31.6. The van der Waals surface area contributed by atoms with Crippen LogP contribution < -0.4 is 15.0 Å². The fourth-order valence-electron chi connectivity index (χ4n) is 4.39. The molecule has 3 N–H and O–H groups in total. The summed E-state index contributed by atoms with van der Waals surface area (Å²) in [5, 5.41) is 2.33. The Morgan fingerprint density at radius 3 is 2.16 bits per heavy atom. The number of hydrogen-bond acceptors (Lipinski definition) is 5. The molecule has 43 heavy (non-hydrogen) atoms.